The van der Waals surface area contributed by atoms with E-state index < -0.39 is 0 Å². The molecule has 2 bridgehead atoms. The number of carbonyl (C=O) groups is 2. The average molecular weight is 480 g/mol. The van der Waals surface area contributed by atoms with Crippen molar-refractivity contribution in [1.82, 2.24) is 20.1 Å². The third kappa shape index (κ3) is 7.42. The summed E-state index contributed by atoms with van der Waals surface area (Å²) < 4.78 is 5.98. The standard InChI is InChI=1S/C27H37N5O3/c1-31-16-8-9-21(19-31)14-15-28-26(33)20-32-17-5-2-6-18-35-24-12-4-3-10-22(24)29-25-13-7-11-23(30-25)27(32)34/h3-4,7,10-13,21H,2,5-6,8-9,14-20H2,1H3,(H,28,33)(H,29,30). The number of ether oxygens (including phenoxy) is 1. The first-order chi connectivity index (χ1) is 17.1. The van der Waals surface area contributed by atoms with Gasteiger partial charge in [-0.1, -0.05) is 18.2 Å². The second kappa shape index (κ2) is 12.5. The molecule has 2 amide bonds. The number of anilines is 2. The number of aromatic nitrogens is 1. The molecular weight excluding hydrogens is 442 g/mol. The number of fused-ring (bicyclic) bond motifs is 3. The fourth-order valence-electron chi connectivity index (χ4n) is 4.79. The van der Waals surface area contributed by atoms with Crippen molar-refractivity contribution in [3.05, 3.63) is 48.2 Å². The molecule has 1 saturated heterocycles. The number of pyridine rings is 1. The lowest BCUT2D eigenvalue weighted by Crippen LogP contribution is -2.42. The zero-order valence-corrected chi connectivity index (χ0v) is 20.7. The number of likely N-dealkylation sites (tertiary alicyclic amines) is 1. The maximum absolute atomic E-state index is 13.3. The van der Waals surface area contributed by atoms with Crippen LogP contribution in [-0.4, -0.2) is 73.0 Å². The van der Waals surface area contributed by atoms with E-state index in [0.717, 1.165) is 50.2 Å². The highest BCUT2D eigenvalue weighted by molar-refractivity contribution is 5.95. The Hall–Kier alpha value is -3.13. The van der Waals surface area contributed by atoms with Gasteiger partial charge in [-0.05, 0) is 82.3 Å². The topological polar surface area (TPSA) is 86.8 Å². The van der Waals surface area contributed by atoms with Crippen LogP contribution < -0.4 is 15.4 Å². The SMILES string of the molecule is CN1CCCC(CCNC(=O)CN2CCCCCOc3ccccc3Nc3cccc(n3)C2=O)C1. The molecule has 1 aromatic carbocycles. The highest BCUT2D eigenvalue weighted by atomic mass is 16.5. The maximum atomic E-state index is 13.3. The van der Waals surface area contributed by atoms with Gasteiger partial charge in [-0.25, -0.2) is 4.98 Å². The van der Waals surface area contributed by atoms with Gasteiger partial charge in [0.1, 0.15) is 17.3 Å². The number of piperidine rings is 1. The van der Waals surface area contributed by atoms with Crippen LogP contribution >= 0.6 is 0 Å². The lowest BCUT2D eigenvalue weighted by atomic mass is 9.95. The van der Waals surface area contributed by atoms with Crippen LogP contribution in [0, 0.1) is 5.92 Å². The van der Waals surface area contributed by atoms with Gasteiger partial charge < -0.3 is 25.2 Å². The fourth-order valence-corrected chi connectivity index (χ4v) is 4.79. The van der Waals surface area contributed by atoms with Crippen LogP contribution in [0.1, 0.15) is 49.0 Å². The normalized spacial score (nSPS) is 19.6. The number of carbonyl (C=O) groups excluding carboxylic acids is 2. The highest BCUT2D eigenvalue weighted by Gasteiger charge is 2.21. The minimum Gasteiger partial charge on any atom is -0.491 e. The molecule has 0 aliphatic carbocycles. The lowest BCUT2D eigenvalue weighted by molar-refractivity contribution is -0.121. The summed E-state index contributed by atoms with van der Waals surface area (Å²) in [7, 11) is 2.15. The smallest absolute Gasteiger partial charge is 0.273 e. The largest absolute Gasteiger partial charge is 0.491 e. The van der Waals surface area contributed by atoms with E-state index in [2.05, 4.69) is 27.6 Å². The molecule has 0 spiro atoms. The molecule has 3 heterocycles. The summed E-state index contributed by atoms with van der Waals surface area (Å²) in [6.45, 7) is 4.04. The summed E-state index contributed by atoms with van der Waals surface area (Å²) in [5.41, 5.74) is 1.13. The first kappa shape index (κ1) is 25.0. The number of amides is 2. The van der Waals surface area contributed by atoms with E-state index in [1.165, 1.54) is 12.8 Å². The van der Waals surface area contributed by atoms with Gasteiger partial charge in [-0.3, -0.25) is 9.59 Å². The van der Waals surface area contributed by atoms with E-state index >= 15 is 0 Å². The summed E-state index contributed by atoms with van der Waals surface area (Å²) in [5.74, 6) is 1.61. The number of nitrogens with one attached hydrogen (secondary N) is 2. The third-order valence-electron chi connectivity index (χ3n) is 6.67. The van der Waals surface area contributed by atoms with Crippen molar-refractivity contribution in [2.75, 3.05) is 51.7 Å². The van der Waals surface area contributed by atoms with E-state index in [1.54, 1.807) is 17.0 Å². The maximum Gasteiger partial charge on any atom is 0.273 e. The van der Waals surface area contributed by atoms with E-state index in [0.29, 0.717) is 37.1 Å². The van der Waals surface area contributed by atoms with Crippen LogP contribution in [0.5, 0.6) is 5.75 Å². The van der Waals surface area contributed by atoms with Crippen molar-refractivity contribution < 1.29 is 14.3 Å². The molecule has 2 aliphatic rings. The molecule has 2 aromatic rings. The zero-order valence-electron chi connectivity index (χ0n) is 20.7. The van der Waals surface area contributed by atoms with E-state index in [4.69, 9.17) is 4.74 Å². The van der Waals surface area contributed by atoms with Crippen molar-refractivity contribution in [3.63, 3.8) is 0 Å². The van der Waals surface area contributed by atoms with Crippen LogP contribution in [-0.2, 0) is 4.79 Å². The first-order valence-corrected chi connectivity index (χ1v) is 12.8. The Bertz CT molecular complexity index is 998. The van der Waals surface area contributed by atoms with E-state index in [1.807, 2.05) is 30.3 Å². The number of para-hydroxylation sites is 2. The average Bonchev–Trinajstić information content (AvgIpc) is 2.85. The monoisotopic (exact) mass is 479 g/mol. The van der Waals surface area contributed by atoms with Gasteiger partial charge in [0.2, 0.25) is 5.91 Å². The van der Waals surface area contributed by atoms with Crippen molar-refractivity contribution >= 4 is 23.3 Å². The van der Waals surface area contributed by atoms with Crippen molar-refractivity contribution in [2.24, 2.45) is 5.92 Å². The second-order valence-corrected chi connectivity index (χ2v) is 9.57. The van der Waals surface area contributed by atoms with Gasteiger partial charge in [0, 0.05) is 19.6 Å². The second-order valence-electron chi connectivity index (χ2n) is 9.57. The molecule has 8 nitrogen and oxygen atoms in total. The van der Waals surface area contributed by atoms with Crippen LogP contribution in [0.25, 0.3) is 0 Å². The molecule has 4 rings (SSSR count). The van der Waals surface area contributed by atoms with Gasteiger partial charge in [0.25, 0.3) is 5.91 Å². The first-order valence-electron chi connectivity index (χ1n) is 12.8. The van der Waals surface area contributed by atoms with Gasteiger partial charge in [0.05, 0.1) is 18.8 Å². The van der Waals surface area contributed by atoms with Gasteiger partial charge in [0.15, 0.2) is 0 Å². The molecule has 2 N–H and O–H groups in total. The predicted molar refractivity (Wildman–Crippen MR) is 137 cm³/mol. The van der Waals surface area contributed by atoms with Crippen LogP contribution in [0.3, 0.4) is 0 Å². The summed E-state index contributed by atoms with van der Waals surface area (Å²) >= 11 is 0. The number of rotatable bonds is 5. The lowest BCUT2D eigenvalue weighted by Gasteiger charge is -2.29. The Labute approximate surface area is 208 Å². The van der Waals surface area contributed by atoms with Gasteiger partial charge in [-0.15, -0.1) is 0 Å². The molecule has 1 atom stereocenters. The molecule has 0 radical (unpaired) electrons. The summed E-state index contributed by atoms with van der Waals surface area (Å²) in [5, 5.41) is 6.30. The molecule has 1 unspecified atom stereocenters. The molecular formula is C27H37N5O3. The Balaban J connectivity index is 1.40. The van der Waals surface area contributed by atoms with Crippen molar-refractivity contribution in [1.29, 1.82) is 0 Å². The Morgan fingerprint density at radius 2 is 2.00 bits per heavy atom. The minimum atomic E-state index is -0.223. The number of benzene rings is 1. The summed E-state index contributed by atoms with van der Waals surface area (Å²) in [6, 6.07) is 13.0. The minimum absolute atomic E-state index is 0.0437. The van der Waals surface area contributed by atoms with E-state index in [9.17, 15) is 9.59 Å². The number of nitrogens with zero attached hydrogens (tertiary/aromatic N) is 3. The zero-order chi connectivity index (χ0) is 24.5. The van der Waals surface area contributed by atoms with Crippen LogP contribution in [0.15, 0.2) is 42.5 Å². The fraction of sp³-hybridized carbons (Fsp3) is 0.519. The Morgan fingerprint density at radius 3 is 2.89 bits per heavy atom. The Kier molecular flexibility index (Phi) is 8.95. The molecule has 1 aromatic heterocycles. The number of hydrogen-bond acceptors (Lipinski definition) is 6. The molecule has 8 heteroatoms. The van der Waals surface area contributed by atoms with E-state index in [-0.39, 0.29) is 18.4 Å². The summed E-state index contributed by atoms with van der Waals surface area (Å²) in [4.78, 5) is 34.6. The van der Waals surface area contributed by atoms with Crippen LogP contribution in [0.2, 0.25) is 0 Å². The molecule has 188 valence electrons. The number of hydrogen-bond donors (Lipinski definition) is 2. The van der Waals surface area contributed by atoms with Gasteiger partial charge >= 0.3 is 0 Å². The van der Waals surface area contributed by atoms with Gasteiger partial charge in [-0.2, -0.15) is 0 Å². The molecule has 0 saturated carbocycles. The third-order valence-corrected chi connectivity index (χ3v) is 6.67. The Morgan fingerprint density at radius 1 is 1.11 bits per heavy atom. The van der Waals surface area contributed by atoms with Crippen molar-refractivity contribution in [2.45, 2.75) is 38.5 Å². The molecule has 1 fully saturated rings. The predicted octanol–water partition coefficient (Wildman–Crippen LogP) is 3.68. The summed E-state index contributed by atoms with van der Waals surface area (Å²) in [6.07, 6.45) is 5.99. The van der Waals surface area contributed by atoms with Crippen LogP contribution in [0.4, 0.5) is 11.5 Å². The molecule has 2 aliphatic heterocycles. The van der Waals surface area contributed by atoms with Crippen molar-refractivity contribution in [3.8, 4) is 5.75 Å². The molecule has 35 heavy (non-hydrogen) atoms. The highest BCUT2D eigenvalue weighted by Crippen LogP contribution is 2.27. The quantitative estimate of drug-likeness (QED) is 0.680.